The molecule has 2 aromatic heterocycles. The van der Waals surface area contributed by atoms with Gasteiger partial charge in [0.15, 0.2) is 5.11 Å². The number of rotatable bonds is 6. The molecule has 5 rings (SSSR count). The van der Waals surface area contributed by atoms with E-state index in [0.717, 1.165) is 34.3 Å². The van der Waals surface area contributed by atoms with Gasteiger partial charge in [-0.25, -0.2) is 0 Å². The summed E-state index contributed by atoms with van der Waals surface area (Å²) >= 11 is 5.85. The first-order valence-corrected chi connectivity index (χ1v) is 11.1. The van der Waals surface area contributed by atoms with Crippen molar-refractivity contribution in [2.45, 2.75) is 12.1 Å². The smallest absolute Gasteiger partial charge is 0.174 e. The highest BCUT2D eigenvalue weighted by Crippen LogP contribution is 2.43. The Kier molecular flexibility index (Phi) is 5.71. The highest BCUT2D eigenvalue weighted by Gasteiger charge is 2.42. The Bertz CT molecular complexity index is 1270. The summed E-state index contributed by atoms with van der Waals surface area (Å²) < 4.78 is 13.1. The third-order valence-corrected chi connectivity index (χ3v) is 6.16. The molecule has 2 aromatic carbocycles. The Morgan fingerprint density at radius 3 is 2.27 bits per heavy atom. The van der Waals surface area contributed by atoms with Gasteiger partial charge in [0, 0.05) is 41.6 Å². The van der Waals surface area contributed by atoms with Crippen LogP contribution in [0.2, 0.25) is 0 Å². The zero-order chi connectivity index (χ0) is 22.8. The fourth-order valence-corrected chi connectivity index (χ4v) is 4.67. The Morgan fingerprint density at radius 1 is 0.848 bits per heavy atom. The number of methoxy groups -OCH3 is 2. The van der Waals surface area contributed by atoms with Crippen molar-refractivity contribution in [1.29, 1.82) is 0 Å². The number of hydrogen-bond acceptors (Lipinski definition) is 4. The molecule has 4 aromatic rings. The Labute approximate surface area is 198 Å². The molecule has 33 heavy (non-hydrogen) atoms. The van der Waals surface area contributed by atoms with Crippen molar-refractivity contribution in [3.05, 3.63) is 103 Å². The summed E-state index contributed by atoms with van der Waals surface area (Å²) in [6.07, 6.45) is 3.87. The van der Waals surface area contributed by atoms with Gasteiger partial charge in [-0.05, 0) is 60.7 Å². The second-order valence-corrected chi connectivity index (χ2v) is 8.09. The van der Waals surface area contributed by atoms with E-state index in [0.29, 0.717) is 5.11 Å². The number of hydrogen-bond donors (Lipinski definition) is 1. The van der Waals surface area contributed by atoms with E-state index in [4.69, 9.17) is 21.7 Å². The number of thiocarbonyl (C=S) groups is 1. The van der Waals surface area contributed by atoms with Gasteiger partial charge in [-0.2, -0.15) is 0 Å². The molecule has 1 fully saturated rings. The van der Waals surface area contributed by atoms with Crippen LogP contribution in [0.25, 0.3) is 5.69 Å². The fourth-order valence-electron chi connectivity index (χ4n) is 4.32. The minimum Gasteiger partial charge on any atom is -0.497 e. The SMILES string of the molecule is COc1cccc(N2C(=S)N[C@@H](c3ccccn3)[C@@H]2c2cccn2-c2cccc(OC)c2)c1. The second-order valence-electron chi connectivity index (χ2n) is 7.70. The minimum absolute atomic E-state index is 0.135. The van der Waals surface area contributed by atoms with Crippen LogP contribution < -0.4 is 19.7 Å². The largest absolute Gasteiger partial charge is 0.497 e. The molecule has 1 saturated heterocycles. The quantitative estimate of drug-likeness (QED) is 0.409. The summed E-state index contributed by atoms with van der Waals surface area (Å²) in [5.41, 5.74) is 3.97. The number of pyridine rings is 1. The van der Waals surface area contributed by atoms with Crippen molar-refractivity contribution in [3.63, 3.8) is 0 Å². The van der Waals surface area contributed by atoms with Crippen molar-refractivity contribution in [1.82, 2.24) is 14.9 Å². The van der Waals surface area contributed by atoms with Crippen LogP contribution in [0, 0.1) is 0 Å². The molecule has 0 radical (unpaired) electrons. The van der Waals surface area contributed by atoms with Gasteiger partial charge in [-0.1, -0.05) is 18.2 Å². The first kappa shape index (κ1) is 21.0. The van der Waals surface area contributed by atoms with Crippen LogP contribution in [0.4, 0.5) is 5.69 Å². The molecular formula is C26H24N4O2S. The lowest BCUT2D eigenvalue weighted by Gasteiger charge is -2.29. The van der Waals surface area contributed by atoms with Crippen molar-refractivity contribution in [2.75, 3.05) is 19.1 Å². The average molecular weight is 457 g/mol. The monoisotopic (exact) mass is 456 g/mol. The molecule has 0 amide bonds. The van der Waals surface area contributed by atoms with Crippen molar-refractivity contribution in [2.24, 2.45) is 0 Å². The van der Waals surface area contributed by atoms with Crippen molar-refractivity contribution < 1.29 is 9.47 Å². The molecule has 0 spiro atoms. The molecule has 0 aliphatic carbocycles. The minimum atomic E-state index is -0.138. The van der Waals surface area contributed by atoms with E-state index in [1.54, 1.807) is 14.2 Å². The van der Waals surface area contributed by atoms with Crippen LogP contribution in [0.15, 0.2) is 91.3 Å². The second kappa shape index (κ2) is 8.96. The van der Waals surface area contributed by atoms with Gasteiger partial charge in [-0.15, -0.1) is 0 Å². The summed E-state index contributed by atoms with van der Waals surface area (Å²) in [6.45, 7) is 0. The molecule has 7 heteroatoms. The maximum atomic E-state index is 5.85. The highest BCUT2D eigenvalue weighted by atomic mass is 32.1. The predicted octanol–water partition coefficient (Wildman–Crippen LogP) is 5.07. The van der Waals surface area contributed by atoms with Gasteiger partial charge in [-0.3, -0.25) is 4.98 Å². The predicted molar refractivity (Wildman–Crippen MR) is 133 cm³/mol. The Hall–Kier alpha value is -3.84. The normalized spacial score (nSPS) is 17.6. The van der Waals surface area contributed by atoms with Crippen LogP contribution in [-0.2, 0) is 0 Å². The molecule has 2 atom stereocenters. The first-order chi connectivity index (χ1) is 16.2. The number of benzene rings is 2. The fraction of sp³-hybridized carbons (Fsp3) is 0.154. The Morgan fingerprint density at radius 2 is 1.58 bits per heavy atom. The van der Waals surface area contributed by atoms with E-state index >= 15 is 0 Å². The molecule has 0 unspecified atom stereocenters. The molecule has 0 bridgehead atoms. The van der Waals surface area contributed by atoms with Gasteiger partial charge in [0.2, 0.25) is 0 Å². The molecule has 3 heterocycles. The summed E-state index contributed by atoms with van der Waals surface area (Å²) in [4.78, 5) is 6.79. The summed E-state index contributed by atoms with van der Waals surface area (Å²) in [5, 5.41) is 4.15. The van der Waals surface area contributed by atoms with E-state index in [9.17, 15) is 0 Å². The molecule has 6 nitrogen and oxygen atoms in total. The number of ether oxygens (including phenoxy) is 2. The molecular weight excluding hydrogens is 432 g/mol. The van der Waals surface area contributed by atoms with Crippen LogP contribution >= 0.6 is 12.2 Å². The van der Waals surface area contributed by atoms with Crippen molar-refractivity contribution >= 4 is 23.0 Å². The first-order valence-electron chi connectivity index (χ1n) is 10.7. The van der Waals surface area contributed by atoms with E-state index in [1.807, 2.05) is 66.9 Å². The van der Waals surface area contributed by atoms with Crippen LogP contribution in [-0.4, -0.2) is 28.9 Å². The van der Waals surface area contributed by atoms with E-state index in [1.165, 1.54) is 0 Å². The number of nitrogens with zero attached hydrogens (tertiary/aromatic N) is 3. The molecule has 0 saturated carbocycles. The molecule has 1 N–H and O–H groups in total. The van der Waals surface area contributed by atoms with E-state index in [-0.39, 0.29) is 12.1 Å². The zero-order valence-corrected chi connectivity index (χ0v) is 19.2. The maximum Gasteiger partial charge on any atom is 0.174 e. The standard InChI is InChI=1S/C26H24N4O2S/c1-31-20-10-5-8-18(16-20)29-15-7-13-23(29)25-24(22-12-3-4-14-27-22)28-26(33)30(25)19-9-6-11-21(17-19)32-2/h3-17,24-25H,1-2H3,(H,28,33)/t24-,25-/m0/s1. The Balaban J connectivity index is 1.66. The number of anilines is 1. The number of nitrogens with one attached hydrogen (secondary N) is 1. The lowest BCUT2D eigenvalue weighted by atomic mass is 10.0. The lowest BCUT2D eigenvalue weighted by Crippen LogP contribution is -2.30. The zero-order valence-electron chi connectivity index (χ0n) is 18.4. The van der Waals surface area contributed by atoms with Crippen LogP contribution in [0.5, 0.6) is 11.5 Å². The third-order valence-electron chi connectivity index (χ3n) is 5.84. The number of aromatic nitrogens is 2. The summed E-state index contributed by atoms with van der Waals surface area (Å²) in [6, 6.07) is 25.8. The summed E-state index contributed by atoms with van der Waals surface area (Å²) in [5.74, 6) is 1.58. The van der Waals surface area contributed by atoms with Gasteiger partial charge >= 0.3 is 0 Å². The van der Waals surface area contributed by atoms with Gasteiger partial charge < -0.3 is 24.3 Å². The third kappa shape index (κ3) is 3.91. The maximum absolute atomic E-state index is 5.85. The van der Waals surface area contributed by atoms with Crippen molar-refractivity contribution in [3.8, 4) is 17.2 Å². The molecule has 166 valence electrons. The van der Waals surface area contributed by atoms with Crippen LogP contribution in [0.3, 0.4) is 0 Å². The van der Waals surface area contributed by atoms with Gasteiger partial charge in [0.1, 0.15) is 17.5 Å². The summed E-state index contributed by atoms with van der Waals surface area (Å²) in [7, 11) is 3.35. The van der Waals surface area contributed by atoms with E-state index in [2.05, 4.69) is 44.2 Å². The van der Waals surface area contributed by atoms with E-state index < -0.39 is 0 Å². The van der Waals surface area contributed by atoms with Gasteiger partial charge in [0.05, 0.1) is 26.0 Å². The molecule has 1 aliphatic heterocycles. The average Bonchev–Trinajstić information content (AvgIpc) is 3.49. The molecule has 1 aliphatic rings. The highest BCUT2D eigenvalue weighted by molar-refractivity contribution is 7.80. The topological polar surface area (TPSA) is 51.5 Å². The van der Waals surface area contributed by atoms with Crippen LogP contribution in [0.1, 0.15) is 23.5 Å². The van der Waals surface area contributed by atoms with Gasteiger partial charge in [0.25, 0.3) is 0 Å². The lowest BCUT2D eigenvalue weighted by molar-refractivity contribution is 0.414.